The number of carbonyl (C=O) groups is 1. The first kappa shape index (κ1) is 18.6. The van der Waals surface area contributed by atoms with Gasteiger partial charge in [0.2, 0.25) is 5.88 Å². The van der Waals surface area contributed by atoms with E-state index < -0.39 is 5.91 Å². The Bertz CT molecular complexity index is 934. The smallest absolute Gasteiger partial charge is 0.320 e. The van der Waals surface area contributed by atoms with Crippen LogP contribution in [0, 0.1) is 6.92 Å². The normalized spacial score (nSPS) is 10.4. The second-order valence-corrected chi connectivity index (χ2v) is 6.59. The molecule has 1 N–H and O–H groups in total. The van der Waals surface area contributed by atoms with Gasteiger partial charge in [-0.15, -0.1) is 11.3 Å². The molecule has 0 saturated heterocycles. The maximum Gasteiger partial charge on any atom is 0.320 e. The van der Waals surface area contributed by atoms with Crippen molar-refractivity contribution in [3.63, 3.8) is 0 Å². The molecule has 0 aliphatic carbocycles. The highest BCUT2D eigenvalue weighted by molar-refractivity contribution is 7.16. The van der Waals surface area contributed by atoms with Crippen LogP contribution in [0.25, 0.3) is 11.3 Å². The first-order valence-electron chi connectivity index (χ1n) is 7.94. The van der Waals surface area contributed by atoms with Gasteiger partial charge in [0.05, 0.1) is 27.0 Å². The predicted molar refractivity (Wildman–Crippen MR) is 102 cm³/mol. The van der Waals surface area contributed by atoms with E-state index in [9.17, 15) is 4.79 Å². The SMILES string of the molecule is COc1ccc(-c2nc(NC(=O)c3cc(OC)nc(OC)n3)sc2C)cc1. The molecule has 0 unspecified atom stereocenters. The van der Waals surface area contributed by atoms with E-state index in [0.29, 0.717) is 5.13 Å². The van der Waals surface area contributed by atoms with Gasteiger partial charge >= 0.3 is 6.01 Å². The number of ether oxygens (including phenoxy) is 3. The third-order valence-electron chi connectivity index (χ3n) is 3.69. The highest BCUT2D eigenvalue weighted by Crippen LogP contribution is 2.31. The molecule has 0 aliphatic heterocycles. The number of nitrogens with zero attached hydrogens (tertiary/aromatic N) is 3. The highest BCUT2D eigenvalue weighted by Gasteiger charge is 2.16. The lowest BCUT2D eigenvalue weighted by molar-refractivity contribution is 0.102. The summed E-state index contributed by atoms with van der Waals surface area (Å²) in [5.74, 6) is 0.581. The van der Waals surface area contributed by atoms with Crippen molar-refractivity contribution in [3.05, 3.63) is 40.9 Å². The van der Waals surface area contributed by atoms with Crippen molar-refractivity contribution in [3.8, 4) is 28.9 Å². The summed E-state index contributed by atoms with van der Waals surface area (Å²) in [6.45, 7) is 1.95. The number of benzene rings is 1. The molecule has 0 radical (unpaired) electrons. The Balaban J connectivity index is 1.83. The van der Waals surface area contributed by atoms with Crippen LogP contribution in [0.3, 0.4) is 0 Å². The number of aryl methyl sites for hydroxylation is 1. The fraction of sp³-hybridized carbons (Fsp3) is 0.222. The van der Waals surface area contributed by atoms with Crippen LogP contribution < -0.4 is 19.5 Å². The lowest BCUT2D eigenvalue weighted by atomic mass is 10.1. The minimum Gasteiger partial charge on any atom is -0.497 e. The third-order valence-corrected chi connectivity index (χ3v) is 4.57. The van der Waals surface area contributed by atoms with Crippen molar-refractivity contribution >= 4 is 22.4 Å². The number of thiazole rings is 1. The number of nitrogens with one attached hydrogen (secondary N) is 1. The number of hydrogen-bond acceptors (Lipinski definition) is 8. The topological polar surface area (TPSA) is 95.5 Å². The van der Waals surface area contributed by atoms with Gasteiger partial charge in [0, 0.05) is 16.5 Å². The number of methoxy groups -OCH3 is 3. The highest BCUT2D eigenvalue weighted by atomic mass is 32.1. The summed E-state index contributed by atoms with van der Waals surface area (Å²) in [6, 6.07) is 9.06. The molecule has 0 aliphatic rings. The molecular formula is C18H18N4O4S. The Hall–Kier alpha value is -3.20. The first-order valence-corrected chi connectivity index (χ1v) is 8.76. The number of hydrogen-bond donors (Lipinski definition) is 1. The number of aromatic nitrogens is 3. The maximum atomic E-state index is 12.5. The fourth-order valence-corrected chi connectivity index (χ4v) is 3.17. The van der Waals surface area contributed by atoms with Crippen LogP contribution in [0.5, 0.6) is 17.6 Å². The lowest BCUT2D eigenvalue weighted by Gasteiger charge is -2.05. The number of carbonyl (C=O) groups excluding carboxylic acids is 1. The maximum absolute atomic E-state index is 12.5. The summed E-state index contributed by atoms with van der Waals surface area (Å²) in [4.78, 5) is 26.0. The summed E-state index contributed by atoms with van der Waals surface area (Å²) in [5, 5.41) is 3.23. The van der Waals surface area contributed by atoms with Gasteiger partial charge in [-0.3, -0.25) is 10.1 Å². The van der Waals surface area contributed by atoms with E-state index in [1.807, 2.05) is 31.2 Å². The van der Waals surface area contributed by atoms with Crippen LogP contribution in [0.15, 0.2) is 30.3 Å². The standard InChI is InChI=1S/C18H18N4O4S/c1-10-15(11-5-7-12(24-2)8-6-11)21-18(27-10)22-16(23)13-9-14(25-3)20-17(19-13)26-4/h5-9H,1-4H3,(H,21,22,23). The van der Waals surface area contributed by atoms with Gasteiger partial charge in [-0.25, -0.2) is 4.98 Å². The van der Waals surface area contributed by atoms with Crippen LogP contribution in [-0.2, 0) is 0 Å². The van der Waals surface area contributed by atoms with Crippen molar-refractivity contribution in [1.29, 1.82) is 0 Å². The molecule has 1 aromatic carbocycles. The first-order chi connectivity index (χ1) is 13.0. The molecule has 140 valence electrons. The van der Waals surface area contributed by atoms with E-state index in [1.54, 1.807) is 7.11 Å². The zero-order chi connectivity index (χ0) is 19.4. The summed E-state index contributed by atoms with van der Waals surface area (Å²) in [6.07, 6.45) is 0. The molecule has 1 amide bonds. The molecule has 0 spiro atoms. The molecular weight excluding hydrogens is 368 g/mol. The monoisotopic (exact) mass is 386 g/mol. The minimum absolute atomic E-state index is 0.0498. The predicted octanol–water partition coefficient (Wildman–Crippen LogP) is 3.19. The molecule has 0 bridgehead atoms. The molecule has 3 rings (SSSR count). The fourth-order valence-electron chi connectivity index (χ4n) is 2.34. The largest absolute Gasteiger partial charge is 0.497 e. The van der Waals surface area contributed by atoms with Crippen LogP contribution >= 0.6 is 11.3 Å². The van der Waals surface area contributed by atoms with Gasteiger partial charge in [0.25, 0.3) is 5.91 Å². The number of rotatable bonds is 6. The molecule has 0 fully saturated rings. The second kappa shape index (κ2) is 8.00. The Morgan fingerprint density at radius 1 is 1.00 bits per heavy atom. The second-order valence-electron chi connectivity index (χ2n) is 5.39. The van der Waals surface area contributed by atoms with E-state index in [0.717, 1.165) is 21.9 Å². The van der Waals surface area contributed by atoms with Crippen molar-refractivity contribution in [2.24, 2.45) is 0 Å². The van der Waals surface area contributed by atoms with Gasteiger partial charge < -0.3 is 14.2 Å². The Morgan fingerprint density at radius 2 is 1.74 bits per heavy atom. The van der Waals surface area contributed by atoms with Crippen molar-refractivity contribution in [2.45, 2.75) is 6.92 Å². The average Bonchev–Trinajstić information content (AvgIpc) is 3.07. The van der Waals surface area contributed by atoms with Crippen LogP contribution in [-0.4, -0.2) is 42.2 Å². The summed E-state index contributed by atoms with van der Waals surface area (Å²) < 4.78 is 15.2. The molecule has 3 aromatic rings. The van der Waals surface area contributed by atoms with E-state index in [4.69, 9.17) is 14.2 Å². The third kappa shape index (κ3) is 4.14. The average molecular weight is 386 g/mol. The van der Waals surface area contributed by atoms with Gasteiger partial charge in [0.15, 0.2) is 5.13 Å². The summed E-state index contributed by atoms with van der Waals surface area (Å²) >= 11 is 1.38. The zero-order valence-electron chi connectivity index (χ0n) is 15.3. The van der Waals surface area contributed by atoms with Crippen LogP contribution in [0.4, 0.5) is 5.13 Å². The van der Waals surface area contributed by atoms with Gasteiger partial charge in [-0.2, -0.15) is 9.97 Å². The Labute approximate surface area is 160 Å². The van der Waals surface area contributed by atoms with Crippen LogP contribution in [0.2, 0.25) is 0 Å². The molecule has 2 aromatic heterocycles. The van der Waals surface area contributed by atoms with Crippen molar-refractivity contribution in [1.82, 2.24) is 15.0 Å². The van der Waals surface area contributed by atoms with Crippen LogP contribution in [0.1, 0.15) is 15.4 Å². The van der Waals surface area contributed by atoms with E-state index in [1.165, 1.54) is 31.6 Å². The number of amides is 1. The van der Waals surface area contributed by atoms with E-state index in [-0.39, 0.29) is 17.6 Å². The number of anilines is 1. The molecule has 27 heavy (non-hydrogen) atoms. The molecule has 8 nitrogen and oxygen atoms in total. The van der Waals surface area contributed by atoms with E-state index in [2.05, 4.69) is 20.3 Å². The molecule has 2 heterocycles. The molecule has 0 saturated carbocycles. The van der Waals surface area contributed by atoms with Gasteiger partial charge in [-0.05, 0) is 31.2 Å². The van der Waals surface area contributed by atoms with E-state index >= 15 is 0 Å². The lowest BCUT2D eigenvalue weighted by Crippen LogP contribution is -2.14. The summed E-state index contributed by atoms with van der Waals surface area (Å²) in [7, 11) is 4.49. The molecule has 9 heteroatoms. The Morgan fingerprint density at radius 3 is 2.37 bits per heavy atom. The van der Waals surface area contributed by atoms with Gasteiger partial charge in [-0.1, -0.05) is 0 Å². The zero-order valence-corrected chi connectivity index (χ0v) is 16.1. The minimum atomic E-state index is -0.427. The van der Waals surface area contributed by atoms with Crippen molar-refractivity contribution < 1.29 is 19.0 Å². The van der Waals surface area contributed by atoms with Gasteiger partial charge in [0.1, 0.15) is 11.4 Å². The Kier molecular flexibility index (Phi) is 5.51. The quantitative estimate of drug-likeness (QED) is 0.695. The summed E-state index contributed by atoms with van der Waals surface area (Å²) in [5.41, 5.74) is 1.86. The molecule has 0 atom stereocenters. The van der Waals surface area contributed by atoms with Crippen molar-refractivity contribution in [2.75, 3.05) is 26.6 Å².